The van der Waals surface area contributed by atoms with E-state index in [1.54, 1.807) is 30.4 Å². The van der Waals surface area contributed by atoms with Gasteiger partial charge < -0.3 is 4.74 Å². The molecule has 2 nitrogen and oxygen atoms in total. The zero-order valence-electron chi connectivity index (χ0n) is 7.12. The molecule has 0 radical (unpaired) electrons. The quantitative estimate of drug-likeness (QED) is 0.362. The third kappa shape index (κ3) is 5.23. The third-order valence-corrected chi connectivity index (χ3v) is 0.940. The second kappa shape index (κ2) is 6.16. The molecule has 0 saturated heterocycles. The molecule has 0 aromatic rings. The first-order valence-corrected chi connectivity index (χ1v) is 3.51. The van der Waals surface area contributed by atoms with Crippen LogP contribution in [0, 0.1) is 0 Å². The Labute approximate surface area is 72.5 Å². The average molecular weight is 164 g/mol. The van der Waals surface area contributed by atoms with E-state index in [0.29, 0.717) is 5.76 Å². The number of esters is 1. The Morgan fingerprint density at radius 3 is 2.42 bits per heavy atom. The van der Waals surface area contributed by atoms with Crippen LogP contribution in [-0.2, 0) is 9.53 Å². The molecule has 0 N–H and O–H groups in total. The lowest BCUT2D eigenvalue weighted by Gasteiger charge is -1.98. The molecule has 0 atom stereocenters. The number of rotatable bonds is 4. The van der Waals surface area contributed by atoms with Crippen molar-refractivity contribution in [1.82, 2.24) is 0 Å². The predicted octanol–water partition coefficient (Wildman–Crippen LogP) is 2.36. The van der Waals surface area contributed by atoms with Crippen molar-refractivity contribution < 1.29 is 9.53 Å². The smallest absolute Gasteiger partial charge is 0.308 e. The lowest BCUT2D eigenvalue weighted by Crippen LogP contribution is -1.96. The Kier molecular flexibility index (Phi) is 5.35. The number of hydrogen-bond donors (Lipinski definition) is 0. The summed E-state index contributed by atoms with van der Waals surface area (Å²) in [4.78, 5) is 10.5. The first-order chi connectivity index (χ1) is 5.70. The van der Waals surface area contributed by atoms with Crippen molar-refractivity contribution in [2.75, 3.05) is 0 Å². The molecule has 0 aromatic heterocycles. The van der Waals surface area contributed by atoms with Crippen molar-refractivity contribution in [2.24, 2.45) is 0 Å². The van der Waals surface area contributed by atoms with Crippen molar-refractivity contribution in [3.05, 3.63) is 49.3 Å². The van der Waals surface area contributed by atoms with Gasteiger partial charge in [0.2, 0.25) is 0 Å². The molecule has 64 valence electrons. The molecule has 0 aromatic carbocycles. The van der Waals surface area contributed by atoms with E-state index >= 15 is 0 Å². The summed E-state index contributed by atoms with van der Waals surface area (Å²) in [7, 11) is 0. The molecule has 0 amide bonds. The number of ether oxygens (including phenoxy) is 1. The van der Waals surface area contributed by atoms with E-state index in [0.717, 1.165) is 0 Å². The van der Waals surface area contributed by atoms with Crippen LogP contribution in [0.1, 0.15) is 6.92 Å². The SMILES string of the molecule is C=C/C=C\C(=C/C=C)OC(C)=O. The minimum atomic E-state index is -0.350. The van der Waals surface area contributed by atoms with Crippen LogP contribution in [0.2, 0.25) is 0 Å². The van der Waals surface area contributed by atoms with Gasteiger partial charge in [-0.15, -0.1) is 0 Å². The second-order valence-corrected chi connectivity index (χ2v) is 1.99. The molecule has 12 heavy (non-hydrogen) atoms. The highest BCUT2D eigenvalue weighted by Gasteiger charge is 1.94. The van der Waals surface area contributed by atoms with Crippen LogP contribution in [-0.4, -0.2) is 5.97 Å². The van der Waals surface area contributed by atoms with Gasteiger partial charge in [-0.1, -0.05) is 31.4 Å². The van der Waals surface area contributed by atoms with Gasteiger partial charge >= 0.3 is 5.97 Å². The molecular formula is C10H12O2. The molecule has 0 saturated carbocycles. The highest BCUT2D eigenvalue weighted by molar-refractivity contribution is 5.67. The van der Waals surface area contributed by atoms with E-state index in [9.17, 15) is 4.79 Å². The zero-order chi connectivity index (χ0) is 9.40. The summed E-state index contributed by atoms with van der Waals surface area (Å²) in [5, 5.41) is 0. The number of carbonyl (C=O) groups excluding carboxylic acids is 1. The van der Waals surface area contributed by atoms with Gasteiger partial charge in [-0.25, -0.2) is 0 Å². The van der Waals surface area contributed by atoms with Crippen LogP contribution in [0.15, 0.2) is 49.3 Å². The summed E-state index contributed by atoms with van der Waals surface area (Å²) in [6.07, 6.45) is 8.06. The minimum absolute atomic E-state index is 0.350. The van der Waals surface area contributed by atoms with Gasteiger partial charge in [0.15, 0.2) is 0 Å². The van der Waals surface area contributed by atoms with Gasteiger partial charge in [0.05, 0.1) is 0 Å². The summed E-state index contributed by atoms with van der Waals surface area (Å²) in [5.74, 6) is 0.106. The van der Waals surface area contributed by atoms with Crippen LogP contribution in [0.3, 0.4) is 0 Å². The van der Waals surface area contributed by atoms with E-state index in [1.807, 2.05) is 0 Å². The summed E-state index contributed by atoms with van der Waals surface area (Å²) in [6.45, 7) is 8.33. The fourth-order valence-electron chi connectivity index (χ4n) is 0.569. The van der Waals surface area contributed by atoms with Gasteiger partial charge in [-0.05, 0) is 12.2 Å². The monoisotopic (exact) mass is 164 g/mol. The zero-order valence-corrected chi connectivity index (χ0v) is 7.12. The number of hydrogen-bond acceptors (Lipinski definition) is 2. The maximum Gasteiger partial charge on any atom is 0.308 e. The van der Waals surface area contributed by atoms with Crippen LogP contribution < -0.4 is 0 Å². The molecule has 0 fully saturated rings. The van der Waals surface area contributed by atoms with Crippen LogP contribution in [0.5, 0.6) is 0 Å². The molecular weight excluding hydrogens is 152 g/mol. The third-order valence-electron chi connectivity index (χ3n) is 0.940. The minimum Gasteiger partial charge on any atom is -0.427 e. The molecule has 2 heteroatoms. The summed E-state index contributed by atoms with van der Waals surface area (Å²) >= 11 is 0. The maximum atomic E-state index is 10.5. The van der Waals surface area contributed by atoms with Crippen molar-refractivity contribution in [2.45, 2.75) is 6.92 Å². The number of allylic oxidation sites excluding steroid dienone is 5. The van der Waals surface area contributed by atoms with Crippen LogP contribution in [0.4, 0.5) is 0 Å². The normalized spacial score (nSPS) is 11.2. The predicted molar refractivity (Wildman–Crippen MR) is 49.4 cm³/mol. The van der Waals surface area contributed by atoms with E-state index in [2.05, 4.69) is 13.2 Å². The second-order valence-electron chi connectivity index (χ2n) is 1.99. The van der Waals surface area contributed by atoms with Crippen molar-refractivity contribution >= 4 is 5.97 Å². The first-order valence-electron chi connectivity index (χ1n) is 3.51. The molecule has 0 bridgehead atoms. The maximum absolute atomic E-state index is 10.5. The fourth-order valence-corrected chi connectivity index (χ4v) is 0.569. The molecule has 0 heterocycles. The van der Waals surface area contributed by atoms with Gasteiger partial charge in [0.1, 0.15) is 5.76 Å². The van der Waals surface area contributed by atoms with Crippen LogP contribution >= 0.6 is 0 Å². The van der Waals surface area contributed by atoms with Gasteiger partial charge in [0, 0.05) is 6.92 Å². The summed E-state index contributed by atoms with van der Waals surface area (Å²) in [6, 6.07) is 0. The Balaban J connectivity index is 4.33. The fraction of sp³-hybridized carbons (Fsp3) is 0.100. The van der Waals surface area contributed by atoms with Crippen LogP contribution in [0.25, 0.3) is 0 Å². The van der Waals surface area contributed by atoms with E-state index in [4.69, 9.17) is 4.74 Å². The molecule has 0 spiro atoms. The van der Waals surface area contributed by atoms with Crippen molar-refractivity contribution in [3.8, 4) is 0 Å². The Morgan fingerprint density at radius 2 is 2.00 bits per heavy atom. The Bertz CT molecular complexity index is 234. The highest BCUT2D eigenvalue weighted by atomic mass is 16.5. The highest BCUT2D eigenvalue weighted by Crippen LogP contribution is 2.00. The topological polar surface area (TPSA) is 26.3 Å². The van der Waals surface area contributed by atoms with Crippen molar-refractivity contribution in [3.63, 3.8) is 0 Å². The molecule has 0 aliphatic carbocycles. The lowest BCUT2D eigenvalue weighted by atomic mass is 10.4. The van der Waals surface area contributed by atoms with Gasteiger partial charge in [-0.3, -0.25) is 4.79 Å². The Hall–Kier alpha value is -1.57. The number of carbonyl (C=O) groups is 1. The summed E-state index contributed by atoms with van der Waals surface area (Å²) in [5.41, 5.74) is 0. The molecule has 0 rings (SSSR count). The molecule has 0 unspecified atom stereocenters. The van der Waals surface area contributed by atoms with Gasteiger partial charge in [0.25, 0.3) is 0 Å². The molecule has 0 aliphatic heterocycles. The summed E-state index contributed by atoms with van der Waals surface area (Å²) < 4.78 is 4.81. The first kappa shape index (κ1) is 10.4. The van der Waals surface area contributed by atoms with E-state index < -0.39 is 0 Å². The Morgan fingerprint density at radius 1 is 1.33 bits per heavy atom. The van der Waals surface area contributed by atoms with E-state index in [-0.39, 0.29) is 5.97 Å². The standard InChI is InChI=1S/C10H12O2/c1-4-6-8-10(7-5-2)12-9(3)11/h4-8H,1-2H2,3H3/b8-6-,10-7+. The average Bonchev–Trinajstić information content (AvgIpc) is 2.00. The van der Waals surface area contributed by atoms with Crippen molar-refractivity contribution in [1.29, 1.82) is 0 Å². The lowest BCUT2D eigenvalue weighted by molar-refractivity contribution is -0.136. The van der Waals surface area contributed by atoms with E-state index in [1.165, 1.54) is 6.92 Å². The molecule has 0 aliphatic rings. The van der Waals surface area contributed by atoms with Gasteiger partial charge in [-0.2, -0.15) is 0 Å². The largest absolute Gasteiger partial charge is 0.427 e.